The predicted octanol–water partition coefficient (Wildman–Crippen LogP) is 3.30. The second-order valence-corrected chi connectivity index (χ2v) is 5.77. The van der Waals surface area contributed by atoms with Crippen LogP contribution in [0.5, 0.6) is 0 Å². The minimum Gasteiger partial charge on any atom is -0.388 e. The first-order chi connectivity index (χ1) is 9.02. The highest BCUT2D eigenvalue weighted by atomic mass is 16.2. The number of benzene rings is 1. The van der Waals surface area contributed by atoms with Crippen molar-refractivity contribution in [2.24, 2.45) is 5.92 Å². The lowest BCUT2D eigenvalue weighted by Crippen LogP contribution is -2.45. The van der Waals surface area contributed by atoms with Crippen LogP contribution in [0.4, 0.5) is 5.69 Å². The van der Waals surface area contributed by atoms with Crippen molar-refractivity contribution < 1.29 is 4.79 Å². The van der Waals surface area contributed by atoms with Gasteiger partial charge in [-0.2, -0.15) is 0 Å². The van der Waals surface area contributed by atoms with Crippen molar-refractivity contribution >= 4 is 11.6 Å². The van der Waals surface area contributed by atoms with Crippen molar-refractivity contribution in [2.75, 3.05) is 18.9 Å². The van der Waals surface area contributed by atoms with Crippen LogP contribution in [0.15, 0.2) is 18.2 Å². The van der Waals surface area contributed by atoms with Crippen molar-refractivity contribution in [1.29, 1.82) is 0 Å². The second kappa shape index (κ2) is 5.64. The molecule has 1 aliphatic rings. The Hall–Kier alpha value is -1.51. The molecule has 1 saturated heterocycles. The van der Waals surface area contributed by atoms with E-state index in [1.165, 1.54) is 6.42 Å². The number of piperidine rings is 1. The zero-order chi connectivity index (χ0) is 14.0. The van der Waals surface area contributed by atoms with Crippen LogP contribution in [-0.2, 0) is 0 Å². The molecule has 1 heterocycles. The topological polar surface area (TPSA) is 32.3 Å². The van der Waals surface area contributed by atoms with Crippen LogP contribution in [0.1, 0.15) is 42.6 Å². The molecule has 3 nitrogen and oxygen atoms in total. The zero-order valence-electron chi connectivity index (χ0n) is 12.4. The monoisotopic (exact) mass is 260 g/mol. The van der Waals surface area contributed by atoms with Gasteiger partial charge in [0.05, 0.1) is 0 Å². The summed E-state index contributed by atoms with van der Waals surface area (Å²) in [6.45, 7) is 7.27. The Bertz CT molecular complexity index is 470. The maximum absolute atomic E-state index is 12.7. The molecule has 1 aliphatic heterocycles. The van der Waals surface area contributed by atoms with Gasteiger partial charge in [0.25, 0.3) is 5.91 Å². The first-order valence-electron chi connectivity index (χ1n) is 7.12. The number of nitrogens with one attached hydrogen (secondary N) is 1. The summed E-state index contributed by atoms with van der Waals surface area (Å²) in [5.74, 6) is 0.788. The number of anilines is 1. The van der Waals surface area contributed by atoms with Gasteiger partial charge < -0.3 is 10.2 Å². The SMILES string of the molecule is CNc1ccc(C(=O)N2CC(C)CCC2C)c(C)c1. The maximum Gasteiger partial charge on any atom is 0.254 e. The van der Waals surface area contributed by atoms with Crippen LogP contribution in [0.2, 0.25) is 0 Å². The maximum atomic E-state index is 12.7. The van der Waals surface area contributed by atoms with Gasteiger partial charge in [-0.3, -0.25) is 4.79 Å². The molecule has 1 amide bonds. The molecule has 104 valence electrons. The lowest BCUT2D eigenvalue weighted by molar-refractivity contribution is 0.0573. The molecule has 0 saturated carbocycles. The third-order valence-electron chi connectivity index (χ3n) is 4.12. The largest absolute Gasteiger partial charge is 0.388 e. The van der Waals surface area contributed by atoms with E-state index in [9.17, 15) is 4.79 Å². The highest BCUT2D eigenvalue weighted by Crippen LogP contribution is 2.25. The molecule has 1 N–H and O–H groups in total. The molecule has 0 aromatic heterocycles. The number of hydrogen-bond donors (Lipinski definition) is 1. The number of nitrogens with zero attached hydrogens (tertiary/aromatic N) is 1. The van der Waals surface area contributed by atoms with Crippen LogP contribution < -0.4 is 5.32 Å². The average Bonchev–Trinajstić information content (AvgIpc) is 2.40. The number of rotatable bonds is 2. The Balaban J connectivity index is 2.23. The quantitative estimate of drug-likeness (QED) is 0.885. The predicted molar refractivity (Wildman–Crippen MR) is 79.6 cm³/mol. The van der Waals surface area contributed by atoms with E-state index in [1.807, 2.05) is 37.1 Å². The van der Waals surface area contributed by atoms with Crippen LogP contribution in [0, 0.1) is 12.8 Å². The van der Waals surface area contributed by atoms with Crippen LogP contribution in [-0.4, -0.2) is 30.4 Å². The number of aryl methyl sites for hydroxylation is 1. The van der Waals surface area contributed by atoms with Crippen molar-refractivity contribution in [1.82, 2.24) is 4.90 Å². The molecule has 19 heavy (non-hydrogen) atoms. The summed E-state index contributed by atoms with van der Waals surface area (Å²) in [7, 11) is 1.89. The zero-order valence-corrected chi connectivity index (χ0v) is 12.4. The van der Waals surface area contributed by atoms with Crippen LogP contribution in [0.25, 0.3) is 0 Å². The van der Waals surface area contributed by atoms with E-state index in [4.69, 9.17) is 0 Å². The molecular formula is C16H24N2O. The summed E-state index contributed by atoms with van der Waals surface area (Å²) < 4.78 is 0. The molecule has 0 spiro atoms. The molecule has 2 unspecified atom stereocenters. The van der Waals surface area contributed by atoms with Gasteiger partial charge in [0.2, 0.25) is 0 Å². The summed E-state index contributed by atoms with van der Waals surface area (Å²) in [6.07, 6.45) is 2.34. The minimum absolute atomic E-state index is 0.180. The van der Waals surface area contributed by atoms with E-state index in [-0.39, 0.29) is 5.91 Å². The summed E-state index contributed by atoms with van der Waals surface area (Å²) in [6, 6.07) is 6.30. The van der Waals surface area contributed by atoms with Crippen LogP contribution in [0.3, 0.4) is 0 Å². The third-order valence-corrected chi connectivity index (χ3v) is 4.12. The molecule has 3 heteroatoms. The summed E-state index contributed by atoms with van der Waals surface area (Å²) in [5.41, 5.74) is 2.93. The number of carbonyl (C=O) groups excluding carboxylic acids is 1. The molecule has 2 rings (SSSR count). The summed E-state index contributed by atoms with van der Waals surface area (Å²) >= 11 is 0. The van der Waals surface area contributed by atoms with Gasteiger partial charge in [0, 0.05) is 30.9 Å². The van der Waals surface area contributed by atoms with E-state index >= 15 is 0 Å². The van der Waals surface area contributed by atoms with Gasteiger partial charge in [0.1, 0.15) is 0 Å². The van der Waals surface area contributed by atoms with Crippen molar-refractivity contribution in [3.8, 4) is 0 Å². The molecule has 0 radical (unpaired) electrons. The van der Waals surface area contributed by atoms with E-state index in [2.05, 4.69) is 19.2 Å². The first kappa shape index (κ1) is 13.9. The van der Waals surface area contributed by atoms with Gasteiger partial charge in [0.15, 0.2) is 0 Å². The molecule has 2 atom stereocenters. The number of likely N-dealkylation sites (tertiary alicyclic amines) is 1. The lowest BCUT2D eigenvalue weighted by Gasteiger charge is -2.37. The van der Waals surface area contributed by atoms with Gasteiger partial charge in [-0.25, -0.2) is 0 Å². The smallest absolute Gasteiger partial charge is 0.254 e. The minimum atomic E-state index is 0.180. The average molecular weight is 260 g/mol. The van der Waals surface area contributed by atoms with Gasteiger partial charge in [-0.15, -0.1) is 0 Å². The third kappa shape index (κ3) is 2.91. The van der Waals surface area contributed by atoms with Crippen molar-refractivity contribution in [3.05, 3.63) is 29.3 Å². The first-order valence-corrected chi connectivity index (χ1v) is 7.12. The van der Waals surface area contributed by atoms with E-state index in [0.29, 0.717) is 12.0 Å². The van der Waals surface area contributed by atoms with E-state index in [1.54, 1.807) is 0 Å². The molecule has 0 aliphatic carbocycles. The Morgan fingerprint density at radius 3 is 2.68 bits per heavy atom. The molecular weight excluding hydrogens is 236 g/mol. The van der Waals surface area contributed by atoms with E-state index < -0.39 is 0 Å². The Kier molecular flexibility index (Phi) is 4.13. The van der Waals surface area contributed by atoms with Crippen molar-refractivity contribution in [3.63, 3.8) is 0 Å². The van der Waals surface area contributed by atoms with E-state index in [0.717, 1.165) is 29.8 Å². The highest BCUT2D eigenvalue weighted by Gasteiger charge is 2.28. The summed E-state index contributed by atoms with van der Waals surface area (Å²) in [4.78, 5) is 14.7. The van der Waals surface area contributed by atoms with Crippen LogP contribution >= 0.6 is 0 Å². The van der Waals surface area contributed by atoms with Crippen molar-refractivity contribution in [2.45, 2.75) is 39.7 Å². The van der Waals surface area contributed by atoms with Gasteiger partial charge in [-0.1, -0.05) is 6.92 Å². The Morgan fingerprint density at radius 1 is 1.32 bits per heavy atom. The normalized spacial score (nSPS) is 23.3. The van der Waals surface area contributed by atoms with Gasteiger partial charge >= 0.3 is 0 Å². The molecule has 1 aromatic carbocycles. The molecule has 1 aromatic rings. The number of carbonyl (C=O) groups is 1. The lowest BCUT2D eigenvalue weighted by atomic mass is 9.94. The second-order valence-electron chi connectivity index (χ2n) is 5.77. The standard InChI is InChI=1S/C16H24N2O/c1-11-5-6-13(3)18(10-11)16(19)15-8-7-14(17-4)9-12(15)2/h7-9,11,13,17H,5-6,10H2,1-4H3. The van der Waals surface area contributed by atoms with Gasteiger partial charge in [-0.05, 0) is 56.4 Å². The number of hydrogen-bond acceptors (Lipinski definition) is 2. The number of amides is 1. The fourth-order valence-electron chi connectivity index (χ4n) is 2.79. The fourth-order valence-corrected chi connectivity index (χ4v) is 2.79. The summed E-state index contributed by atoms with van der Waals surface area (Å²) in [5, 5.41) is 3.10. The fraction of sp³-hybridized carbons (Fsp3) is 0.562. The molecule has 0 bridgehead atoms. The Morgan fingerprint density at radius 2 is 2.05 bits per heavy atom. The molecule has 1 fully saturated rings. The Labute approximate surface area is 116 Å². The highest BCUT2D eigenvalue weighted by molar-refractivity contribution is 5.96.